The molecule has 0 radical (unpaired) electrons. The molecule has 2 rings (SSSR count). The molecule has 0 atom stereocenters. The molecule has 0 amide bonds. The van der Waals surface area contributed by atoms with Crippen LogP contribution in [0.15, 0.2) is 29.0 Å². The standard InChI is InChI=1S/C10H11BrN2O/c1-14-5-3-9-7-13-4-2-8(11)6-10(13)12-9/h2,4,6-7H,3,5H2,1H3. The molecule has 2 aromatic heterocycles. The van der Waals surface area contributed by atoms with Gasteiger partial charge in [0.25, 0.3) is 0 Å². The van der Waals surface area contributed by atoms with E-state index in [0.717, 1.165) is 22.2 Å². The molecule has 3 nitrogen and oxygen atoms in total. The molecule has 0 fully saturated rings. The number of ether oxygens (including phenoxy) is 1. The van der Waals surface area contributed by atoms with E-state index in [0.29, 0.717) is 6.61 Å². The highest BCUT2D eigenvalue weighted by Gasteiger charge is 2.01. The molecule has 0 aliphatic carbocycles. The molecule has 0 aliphatic rings. The summed E-state index contributed by atoms with van der Waals surface area (Å²) in [4.78, 5) is 4.46. The smallest absolute Gasteiger partial charge is 0.138 e. The summed E-state index contributed by atoms with van der Waals surface area (Å²) >= 11 is 3.42. The number of hydrogen-bond donors (Lipinski definition) is 0. The number of methoxy groups -OCH3 is 1. The Hall–Kier alpha value is -0.870. The number of halogens is 1. The Kier molecular flexibility index (Phi) is 2.84. The van der Waals surface area contributed by atoms with E-state index < -0.39 is 0 Å². The summed E-state index contributed by atoms with van der Waals surface area (Å²) in [6.45, 7) is 0.713. The van der Waals surface area contributed by atoms with Crippen molar-refractivity contribution in [1.82, 2.24) is 9.38 Å². The summed E-state index contributed by atoms with van der Waals surface area (Å²) in [7, 11) is 1.70. The van der Waals surface area contributed by atoms with Crippen LogP contribution in [0.2, 0.25) is 0 Å². The van der Waals surface area contributed by atoms with Gasteiger partial charge in [-0.1, -0.05) is 15.9 Å². The second-order valence-electron chi connectivity index (χ2n) is 3.09. The van der Waals surface area contributed by atoms with Crippen LogP contribution in [0.5, 0.6) is 0 Å². The van der Waals surface area contributed by atoms with Gasteiger partial charge in [-0.25, -0.2) is 4.98 Å². The first kappa shape index (κ1) is 9.68. The Morgan fingerprint density at radius 1 is 1.57 bits per heavy atom. The predicted octanol–water partition coefficient (Wildman–Crippen LogP) is 2.29. The van der Waals surface area contributed by atoms with Gasteiger partial charge in [-0.05, 0) is 12.1 Å². The Balaban J connectivity index is 2.32. The molecule has 0 aliphatic heterocycles. The van der Waals surface area contributed by atoms with Crippen molar-refractivity contribution < 1.29 is 4.74 Å². The van der Waals surface area contributed by atoms with Crippen LogP contribution < -0.4 is 0 Å². The molecule has 74 valence electrons. The second-order valence-corrected chi connectivity index (χ2v) is 4.00. The molecule has 0 unspecified atom stereocenters. The van der Waals surface area contributed by atoms with E-state index in [4.69, 9.17) is 4.74 Å². The number of hydrogen-bond acceptors (Lipinski definition) is 2. The van der Waals surface area contributed by atoms with Crippen LogP contribution in [0.3, 0.4) is 0 Å². The Morgan fingerprint density at radius 3 is 3.21 bits per heavy atom. The number of aromatic nitrogens is 2. The van der Waals surface area contributed by atoms with Gasteiger partial charge in [-0.3, -0.25) is 0 Å². The van der Waals surface area contributed by atoms with E-state index in [1.807, 2.05) is 28.9 Å². The zero-order valence-electron chi connectivity index (χ0n) is 7.90. The SMILES string of the molecule is COCCc1cn2ccc(Br)cc2n1. The van der Waals surface area contributed by atoms with Gasteiger partial charge in [0, 0.05) is 30.4 Å². The zero-order chi connectivity index (χ0) is 9.97. The average Bonchev–Trinajstić information content (AvgIpc) is 2.56. The van der Waals surface area contributed by atoms with Crippen molar-refractivity contribution in [2.75, 3.05) is 13.7 Å². The maximum atomic E-state index is 5.01. The lowest BCUT2D eigenvalue weighted by atomic mass is 10.3. The molecule has 0 aromatic carbocycles. The Bertz CT molecular complexity index is 439. The highest BCUT2D eigenvalue weighted by molar-refractivity contribution is 9.10. The molecule has 4 heteroatoms. The lowest BCUT2D eigenvalue weighted by Gasteiger charge is -1.91. The number of nitrogens with zero attached hydrogens (tertiary/aromatic N) is 2. The van der Waals surface area contributed by atoms with Gasteiger partial charge < -0.3 is 9.14 Å². The maximum absolute atomic E-state index is 5.01. The van der Waals surface area contributed by atoms with Gasteiger partial charge in [0.05, 0.1) is 12.3 Å². The first-order valence-electron chi connectivity index (χ1n) is 4.41. The molecule has 2 heterocycles. The predicted molar refractivity (Wildman–Crippen MR) is 58.5 cm³/mol. The third kappa shape index (κ3) is 1.96. The Labute approximate surface area is 90.8 Å². The number of imidazole rings is 1. The molecular weight excluding hydrogens is 244 g/mol. The highest BCUT2D eigenvalue weighted by Crippen LogP contribution is 2.13. The fraction of sp³-hybridized carbons (Fsp3) is 0.300. The first-order valence-corrected chi connectivity index (χ1v) is 5.21. The summed E-state index contributed by atoms with van der Waals surface area (Å²) in [6.07, 6.45) is 4.87. The van der Waals surface area contributed by atoms with Crippen molar-refractivity contribution >= 4 is 21.6 Å². The minimum absolute atomic E-state index is 0.713. The third-order valence-electron chi connectivity index (χ3n) is 2.03. The van der Waals surface area contributed by atoms with Crippen molar-refractivity contribution in [1.29, 1.82) is 0 Å². The Morgan fingerprint density at radius 2 is 2.43 bits per heavy atom. The maximum Gasteiger partial charge on any atom is 0.138 e. The normalized spacial score (nSPS) is 11.0. The fourth-order valence-corrected chi connectivity index (χ4v) is 1.66. The van der Waals surface area contributed by atoms with Crippen molar-refractivity contribution in [2.45, 2.75) is 6.42 Å². The van der Waals surface area contributed by atoms with Gasteiger partial charge in [0.15, 0.2) is 0 Å². The van der Waals surface area contributed by atoms with E-state index in [-0.39, 0.29) is 0 Å². The van der Waals surface area contributed by atoms with Gasteiger partial charge in [0.1, 0.15) is 5.65 Å². The molecular formula is C10H11BrN2O. The highest BCUT2D eigenvalue weighted by atomic mass is 79.9. The summed E-state index contributed by atoms with van der Waals surface area (Å²) in [5, 5.41) is 0. The second kappa shape index (κ2) is 4.11. The largest absolute Gasteiger partial charge is 0.384 e. The van der Waals surface area contributed by atoms with Crippen LogP contribution in [0, 0.1) is 0 Å². The van der Waals surface area contributed by atoms with Gasteiger partial charge in [-0.2, -0.15) is 0 Å². The lowest BCUT2D eigenvalue weighted by Crippen LogP contribution is -1.93. The lowest BCUT2D eigenvalue weighted by molar-refractivity contribution is 0.201. The summed E-state index contributed by atoms with van der Waals surface area (Å²) < 4.78 is 8.07. The van der Waals surface area contributed by atoms with Gasteiger partial charge in [-0.15, -0.1) is 0 Å². The number of fused-ring (bicyclic) bond motifs is 1. The van der Waals surface area contributed by atoms with Crippen molar-refractivity contribution in [3.05, 3.63) is 34.7 Å². The zero-order valence-corrected chi connectivity index (χ0v) is 9.49. The molecule has 0 bridgehead atoms. The molecule has 0 saturated carbocycles. The summed E-state index contributed by atoms with van der Waals surface area (Å²) in [5.41, 5.74) is 2.02. The van der Waals surface area contributed by atoms with Crippen LogP contribution >= 0.6 is 15.9 Å². The van der Waals surface area contributed by atoms with E-state index in [1.165, 1.54) is 0 Å². The number of rotatable bonds is 3. The molecule has 2 aromatic rings. The summed E-state index contributed by atoms with van der Waals surface area (Å²) in [6, 6.07) is 3.99. The van der Waals surface area contributed by atoms with Crippen LogP contribution in [-0.4, -0.2) is 23.1 Å². The minimum Gasteiger partial charge on any atom is -0.384 e. The molecule has 0 saturated heterocycles. The van der Waals surface area contributed by atoms with Crippen LogP contribution in [0.25, 0.3) is 5.65 Å². The van der Waals surface area contributed by atoms with E-state index in [1.54, 1.807) is 7.11 Å². The van der Waals surface area contributed by atoms with Crippen molar-refractivity contribution in [3.8, 4) is 0 Å². The molecule has 0 N–H and O–H groups in total. The van der Waals surface area contributed by atoms with Crippen LogP contribution in [0.4, 0.5) is 0 Å². The van der Waals surface area contributed by atoms with Crippen LogP contribution in [0.1, 0.15) is 5.69 Å². The van der Waals surface area contributed by atoms with Gasteiger partial charge >= 0.3 is 0 Å². The van der Waals surface area contributed by atoms with Crippen molar-refractivity contribution in [2.24, 2.45) is 0 Å². The van der Waals surface area contributed by atoms with Gasteiger partial charge in [0.2, 0.25) is 0 Å². The topological polar surface area (TPSA) is 26.5 Å². The first-order chi connectivity index (χ1) is 6.79. The summed E-state index contributed by atoms with van der Waals surface area (Å²) in [5.74, 6) is 0. The number of pyridine rings is 1. The van der Waals surface area contributed by atoms with E-state index in [2.05, 4.69) is 20.9 Å². The quantitative estimate of drug-likeness (QED) is 0.841. The van der Waals surface area contributed by atoms with E-state index >= 15 is 0 Å². The fourth-order valence-electron chi connectivity index (χ4n) is 1.34. The minimum atomic E-state index is 0.713. The van der Waals surface area contributed by atoms with Crippen molar-refractivity contribution in [3.63, 3.8) is 0 Å². The third-order valence-corrected chi connectivity index (χ3v) is 2.53. The average molecular weight is 255 g/mol. The monoisotopic (exact) mass is 254 g/mol. The molecule has 14 heavy (non-hydrogen) atoms. The van der Waals surface area contributed by atoms with Crippen LogP contribution in [-0.2, 0) is 11.2 Å². The van der Waals surface area contributed by atoms with E-state index in [9.17, 15) is 0 Å². The molecule has 0 spiro atoms.